The molecular formula is C25H52O2. The number of ether oxygens (including phenoxy) is 2. The highest BCUT2D eigenvalue weighted by molar-refractivity contribution is 4.56. The molecular weight excluding hydrogens is 332 g/mol. The molecule has 0 N–H and O–H groups in total. The quantitative estimate of drug-likeness (QED) is 0.164. The summed E-state index contributed by atoms with van der Waals surface area (Å²) in [5.41, 5.74) is 0. The SMILES string of the molecule is CCCCCCCCCCCCCCCCOCC(CCC)OCCCC. The molecule has 0 aromatic heterocycles. The van der Waals surface area contributed by atoms with Crippen LogP contribution in [0.5, 0.6) is 0 Å². The Kier molecular flexibility index (Phi) is 23.9. The molecule has 0 aliphatic heterocycles. The van der Waals surface area contributed by atoms with Crippen molar-refractivity contribution in [3.63, 3.8) is 0 Å². The summed E-state index contributed by atoms with van der Waals surface area (Å²) in [6, 6.07) is 0. The second kappa shape index (κ2) is 24.0. The predicted molar refractivity (Wildman–Crippen MR) is 121 cm³/mol. The van der Waals surface area contributed by atoms with E-state index in [4.69, 9.17) is 9.47 Å². The monoisotopic (exact) mass is 384 g/mol. The third-order valence-corrected chi connectivity index (χ3v) is 5.41. The summed E-state index contributed by atoms with van der Waals surface area (Å²) in [6.45, 7) is 9.32. The molecule has 27 heavy (non-hydrogen) atoms. The Hall–Kier alpha value is -0.0800. The van der Waals surface area contributed by atoms with Crippen LogP contribution in [-0.4, -0.2) is 25.9 Å². The normalized spacial score (nSPS) is 12.6. The van der Waals surface area contributed by atoms with Crippen LogP contribution in [0.15, 0.2) is 0 Å². The molecule has 0 saturated heterocycles. The van der Waals surface area contributed by atoms with Crippen LogP contribution in [0.3, 0.4) is 0 Å². The van der Waals surface area contributed by atoms with Crippen molar-refractivity contribution in [3.8, 4) is 0 Å². The molecule has 1 atom stereocenters. The minimum absolute atomic E-state index is 0.313. The third-order valence-electron chi connectivity index (χ3n) is 5.41. The highest BCUT2D eigenvalue weighted by atomic mass is 16.5. The Balaban J connectivity index is 3.23. The second-order valence-electron chi connectivity index (χ2n) is 8.31. The van der Waals surface area contributed by atoms with Gasteiger partial charge in [-0.3, -0.25) is 0 Å². The van der Waals surface area contributed by atoms with Crippen molar-refractivity contribution in [1.29, 1.82) is 0 Å². The van der Waals surface area contributed by atoms with Gasteiger partial charge in [0.1, 0.15) is 0 Å². The molecule has 0 aromatic rings. The summed E-state index contributed by atoms with van der Waals surface area (Å²) in [6.07, 6.45) is 24.7. The van der Waals surface area contributed by atoms with Gasteiger partial charge in [0.15, 0.2) is 0 Å². The second-order valence-corrected chi connectivity index (χ2v) is 8.31. The minimum Gasteiger partial charge on any atom is -0.379 e. The van der Waals surface area contributed by atoms with E-state index in [1.54, 1.807) is 0 Å². The van der Waals surface area contributed by atoms with Gasteiger partial charge >= 0.3 is 0 Å². The molecule has 164 valence electrons. The maximum absolute atomic E-state index is 5.92. The van der Waals surface area contributed by atoms with Crippen molar-refractivity contribution in [2.75, 3.05) is 19.8 Å². The van der Waals surface area contributed by atoms with Gasteiger partial charge in [0.05, 0.1) is 12.7 Å². The van der Waals surface area contributed by atoms with Crippen molar-refractivity contribution < 1.29 is 9.47 Å². The van der Waals surface area contributed by atoms with Gasteiger partial charge in [-0.2, -0.15) is 0 Å². The van der Waals surface area contributed by atoms with E-state index in [9.17, 15) is 0 Å². The molecule has 0 rings (SSSR count). The smallest absolute Gasteiger partial charge is 0.0808 e. The zero-order chi connectivity index (χ0) is 19.8. The van der Waals surface area contributed by atoms with Crippen LogP contribution in [0.25, 0.3) is 0 Å². The van der Waals surface area contributed by atoms with Crippen molar-refractivity contribution in [1.82, 2.24) is 0 Å². The molecule has 0 spiro atoms. The third kappa shape index (κ3) is 22.1. The summed E-state index contributed by atoms with van der Waals surface area (Å²) in [7, 11) is 0. The van der Waals surface area contributed by atoms with Gasteiger partial charge in [0, 0.05) is 13.2 Å². The van der Waals surface area contributed by atoms with E-state index in [0.29, 0.717) is 6.10 Å². The summed E-state index contributed by atoms with van der Waals surface area (Å²) in [4.78, 5) is 0. The van der Waals surface area contributed by atoms with E-state index in [-0.39, 0.29) is 0 Å². The topological polar surface area (TPSA) is 18.5 Å². The lowest BCUT2D eigenvalue weighted by Crippen LogP contribution is -2.20. The zero-order valence-electron chi connectivity index (χ0n) is 19.2. The van der Waals surface area contributed by atoms with E-state index in [1.807, 2.05) is 0 Å². The average molecular weight is 385 g/mol. The molecule has 0 aliphatic rings. The first kappa shape index (κ1) is 26.9. The van der Waals surface area contributed by atoms with Gasteiger partial charge in [-0.05, 0) is 19.3 Å². The fraction of sp³-hybridized carbons (Fsp3) is 1.00. The molecule has 0 radical (unpaired) electrons. The largest absolute Gasteiger partial charge is 0.379 e. The Morgan fingerprint density at radius 3 is 1.44 bits per heavy atom. The number of unbranched alkanes of at least 4 members (excludes halogenated alkanes) is 14. The lowest BCUT2D eigenvalue weighted by molar-refractivity contribution is -0.0223. The number of hydrogen-bond donors (Lipinski definition) is 0. The van der Waals surface area contributed by atoms with Gasteiger partial charge in [-0.25, -0.2) is 0 Å². The van der Waals surface area contributed by atoms with Crippen LogP contribution in [0.1, 0.15) is 136 Å². The molecule has 1 unspecified atom stereocenters. The highest BCUT2D eigenvalue weighted by Crippen LogP contribution is 2.13. The maximum atomic E-state index is 5.92. The fourth-order valence-corrected chi connectivity index (χ4v) is 3.54. The molecule has 0 aliphatic carbocycles. The fourth-order valence-electron chi connectivity index (χ4n) is 3.54. The van der Waals surface area contributed by atoms with E-state index >= 15 is 0 Å². The highest BCUT2D eigenvalue weighted by Gasteiger charge is 2.07. The Morgan fingerprint density at radius 2 is 0.963 bits per heavy atom. The first-order valence-electron chi connectivity index (χ1n) is 12.5. The van der Waals surface area contributed by atoms with Crippen molar-refractivity contribution >= 4 is 0 Å². The van der Waals surface area contributed by atoms with Gasteiger partial charge in [-0.15, -0.1) is 0 Å². The number of rotatable bonds is 23. The Labute approximate surface area is 172 Å². The standard InChI is InChI=1S/C25H52O2/c1-4-7-9-10-11-12-13-14-15-16-17-18-19-20-22-26-24-25(21-6-3)27-23-8-5-2/h25H,4-24H2,1-3H3. The van der Waals surface area contributed by atoms with Crippen LogP contribution in [0, 0.1) is 0 Å². The van der Waals surface area contributed by atoms with Crippen LogP contribution < -0.4 is 0 Å². The predicted octanol–water partition coefficient (Wildman–Crippen LogP) is 8.47. The van der Waals surface area contributed by atoms with Crippen LogP contribution in [-0.2, 0) is 9.47 Å². The lowest BCUT2D eigenvalue weighted by atomic mass is 10.0. The van der Waals surface area contributed by atoms with Gasteiger partial charge in [-0.1, -0.05) is 117 Å². The zero-order valence-corrected chi connectivity index (χ0v) is 19.2. The van der Waals surface area contributed by atoms with E-state index in [0.717, 1.165) is 26.2 Å². The van der Waals surface area contributed by atoms with Crippen molar-refractivity contribution in [2.24, 2.45) is 0 Å². The van der Waals surface area contributed by atoms with Gasteiger partial charge in [0.25, 0.3) is 0 Å². The molecule has 2 nitrogen and oxygen atoms in total. The maximum Gasteiger partial charge on any atom is 0.0808 e. The number of hydrogen-bond acceptors (Lipinski definition) is 2. The van der Waals surface area contributed by atoms with Crippen LogP contribution in [0.2, 0.25) is 0 Å². The summed E-state index contributed by atoms with van der Waals surface area (Å²) in [5.74, 6) is 0. The molecule has 2 heteroatoms. The Morgan fingerprint density at radius 1 is 0.481 bits per heavy atom. The molecule has 0 fully saturated rings. The first-order chi connectivity index (χ1) is 13.3. The Bertz CT molecular complexity index is 255. The first-order valence-corrected chi connectivity index (χ1v) is 12.5. The molecule has 0 bridgehead atoms. The van der Waals surface area contributed by atoms with Crippen LogP contribution in [0.4, 0.5) is 0 Å². The van der Waals surface area contributed by atoms with Crippen molar-refractivity contribution in [2.45, 2.75) is 142 Å². The molecule has 0 heterocycles. The van der Waals surface area contributed by atoms with E-state index in [2.05, 4.69) is 20.8 Å². The van der Waals surface area contributed by atoms with E-state index in [1.165, 1.54) is 109 Å². The molecule has 0 aromatic carbocycles. The van der Waals surface area contributed by atoms with E-state index < -0.39 is 0 Å². The van der Waals surface area contributed by atoms with Crippen molar-refractivity contribution in [3.05, 3.63) is 0 Å². The van der Waals surface area contributed by atoms with Gasteiger partial charge < -0.3 is 9.47 Å². The minimum atomic E-state index is 0.313. The summed E-state index contributed by atoms with van der Waals surface area (Å²) in [5, 5.41) is 0. The molecule has 0 amide bonds. The summed E-state index contributed by atoms with van der Waals surface area (Å²) < 4.78 is 11.8. The molecule has 0 saturated carbocycles. The van der Waals surface area contributed by atoms with Gasteiger partial charge in [0.2, 0.25) is 0 Å². The summed E-state index contributed by atoms with van der Waals surface area (Å²) >= 11 is 0. The lowest BCUT2D eigenvalue weighted by Gasteiger charge is -2.17. The average Bonchev–Trinajstić information content (AvgIpc) is 2.67. The van der Waals surface area contributed by atoms with Crippen LogP contribution >= 0.6 is 0 Å².